The third-order valence-corrected chi connectivity index (χ3v) is 4.00. The van der Waals surface area contributed by atoms with E-state index in [9.17, 15) is 8.42 Å². The molecule has 0 spiro atoms. The molecule has 0 aliphatic rings. The van der Waals surface area contributed by atoms with Crippen LogP contribution >= 0.6 is 0 Å². The number of hydrogen-bond donors (Lipinski definition) is 0. The van der Waals surface area contributed by atoms with Crippen LogP contribution in [-0.4, -0.2) is 8.42 Å². The average Bonchev–Trinajstić information content (AvgIpc) is 2.32. The van der Waals surface area contributed by atoms with E-state index in [-0.39, 0.29) is 4.90 Å². The monoisotopic (exact) mass is 262 g/mol. The molecule has 18 heavy (non-hydrogen) atoms. The van der Waals surface area contributed by atoms with Crippen LogP contribution in [0.4, 0.5) is 0 Å². The first-order valence-corrected chi connectivity index (χ1v) is 6.97. The SMILES string of the molecule is Cc1ccc(OS(=O)(=O)c2ccccc2C)cc1. The molecule has 0 bridgehead atoms. The third-order valence-electron chi connectivity index (χ3n) is 2.59. The summed E-state index contributed by atoms with van der Waals surface area (Å²) in [6.45, 7) is 3.67. The van der Waals surface area contributed by atoms with Crippen molar-refractivity contribution in [1.82, 2.24) is 0 Å². The van der Waals surface area contributed by atoms with E-state index in [1.54, 1.807) is 43.3 Å². The van der Waals surface area contributed by atoms with E-state index in [4.69, 9.17) is 4.18 Å². The molecule has 0 unspecified atom stereocenters. The highest BCUT2D eigenvalue weighted by atomic mass is 32.2. The van der Waals surface area contributed by atoms with Gasteiger partial charge in [0.1, 0.15) is 10.6 Å². The summed E-state index contributed by atoms with van der Waals surface area (Å²) in [5.41, 5.74) is 1.72. The minimum Gasteiger partial charge on any atom is -0.379 e. The second-order valence-electron chi connectivity index (χ2n) is 4.12. The van der Waals surface area contributed by atoms with Gasteiger partial charge >= 0.3 is 10.1 Å². The van der Waals surface area contributed by atoms with Gasteiger partial charge in [-0.1, -0.05) is 35.9 Å². The molecule has 3 nitrogen and oxygen atoms in total. The van der Waals surface area contributed by atoms with E-state index in [1.165, 1.54) is 0 Å². The van der Waals surface area contributed by atoms with Gasteiger partial charge in [0.2, 0.25) is 0 Å². The quantitative estimate of drug-likeness (QED) is 0.798. The van der Waals surface area contributed by atoms with Crippen molar-refractivity contribution in [2.75, 3.05) is 0 Å². The topological polar surface area (TPSA) is 43.4 Å². The molecular formula is C14H14O3S. The second-order valence-corrected chi connectivity index (χ2v) is 5.63. The Morgan fingerprint density at radius 1 is 0.889 bits per heavy atom. The zero-order valence-corrected chi connectivity index (χ0v) is 11.1. The molecule has 2 rings (SSSR count). The first kappa shape index (κ1) is 12.6. The van der Waals surface area contributed by atoms with Crippen molar-refractivity contribution >= 4 is 10.1 Å². The molecule has 0 aliphatic carbocycles. The van der Waals surface area contributed by atoms with Crippen LogP contribution in [0, 0.1) is 13.8 Å². The molecule has 2 aromatic rings. The molecule has 0 aliphatic heterocycles. The molecule has 0 fully saturated rings. The lowest BCUT2D eigenvalue weighted by Crippen LogP contribution is -2.11. The van der Waals surface area contributed by atoms with Crippen LogP contribution in [0.2, 0.25) is 0 Å². The van der Waals surface area contributed by atoms with Gasteiger partial charge in [0, 0.05) is 0 Å². The Morgan fingerprint density at radius 3 is 2.11 bits per heavy atom. The summed E-state index contributed by atoms with van der Waals surface area (Å²) in [5, 5.41) is 0. The molecule has 0 saturated carbocycles. The summed E-state index contributed by atoms with van der Waals surface area (Å²) in [4.78, 5) is 0.200. The largest absolute Gasteiger partial charge is 0.379 e. The maximum atomic E-state index is 12.1. The van der Waals surface area contributed by atoms with E-state index in [1.807, 2.05) is 19.1 Å². The van der Waals surface area contributed by atoms with Crippen molar-refractivity contribution in [3.63, 3.8) is 0 Å². The Morgan fingerprint density at radius 2 is 1.50 bits per heavy atom. The summed E-state index contributed by atoms with van der Waals surface area (Å²) < 4.78 is 29.3. The lowest BCUT2D eigenvalue weighted by Gasteiger charge is -2.09. The predicted molar refractivity (Wildman–Crippen MR) is 70.2 cm³/mol. The standard InChI is InChI=1S/C14H14O3S/c1-11-7-9-13(10-8-11)17-18(15,16)14-6-4-3-5-12(14)2/h3-10H,1-2H3. The molecule has 94 valence electrons. The maximum Gasteiger partial charge on any atom is 0.339 e. The van der Waals surface area contributed by atoms with Gasteiger partial charge in [-0.2, -0.15) is 8.42 Å². The fourth-order valence-electron chi connectivity index (χ4n) is 1.60. The lowest BCUT2D eigenvalue weighted by atomic mass is 10.2. The van der Waals surface area contributed by atoms with Crippen LogP contribution in [0.5, 0.6) is 5.75 Å². The first-order valence-electron chi connectivity index (χ1n) is 5.56. The maximum absolute atomic E-state index is 12.1. The summed E-state index contributed by atoms with van der Waals surface area (Å²) in [6.07, 6.45) is 0. The van der Waals surface area contributed by atoms with Gasteiger partial charge in [0.05, 0.1) is 0 Å². The van der Waals surface area contributed by atoms with Crippen LogP contribution in [0.25, 0.3) is 0 Å². The Hall–Kier alpha value is -1.81. The molecule has 0 N–H and O–H groups in total. The lowest BCUT2D eigenvalue weighted by molar-refractivity contribution is 0.485. The normalized spacial score (nSPS) is 11.2. The van der Waals surface area contributed by atoms with Crippen LogP contribution in [-0.2, 0) is 10.1 Å². The van der Waals surface area contributed by atoms with E-state index >= 15 is 0 Å². The van der Waals surface area contributed by atoms with Crippen molar-refractivity contribution in [2.24, 2.45) is 0 Å². The van der Waals surface area contributed by atoms with E-state index in [0.717, 1.165) is 5.56 Å². The highest BCUT2D eigenvalue weighted by Crippen LogP contribution is 2.21. The number of benzene rings is 2. The number of aryl methyl sites for hydroxylation is 2. The summed E-state index contributed by atoms with van der Waals surface area (Å²) in [6, 6.07) is 13.7. The highest BCUT2D eigenvalue weighted by molar-refractivity contribution is 7.87. The third kappa shape index (κ3) is 2.71. The smallest absolute Gasteiger partial charge is 0.339 e. The second kappa shape index (κ2) is 4.82. The van der Waals surface area contributed by atoms with Gasteiger partial charge in [0.15, 0.2) is 0 Å². The number of rotatable bonds is 3. The Labute approximate surface area is 107 Å². The van der Waals surface area contributed by atoms with Gasteiger partial charge < -0.3 is 4.18 Å². The minimum atomic E-state index is -3.76. The van der Waals surface area contributed by atoms with Crippen molar-refractivity contribution < 1.29 is 12.6 Å². The highest BCUT2D eigenvalue weighted by Gasteiger charge is 2.18. The van der Waals surface area contributed by atoms with Crippen LogP contribution in [0.1, 0.15) is 11.1 Å². The summed E-state index contributed by atoms with van der Waals surface area (Å²) in [7, 11) is -3.76. The van der Waals surface area contributed by atoms with Gasteiger partial charge in [-0.15, -0.1) is 0 Å². The predicted octanol–water partition coefficient (Wildman–Crippen LogP) is 3.07. The zero-order chi connectivity index (χ0) is 13.2. The molecule has 2 aromatic carbocycles. The Balaban J connectivity index is 2.33. The van der Waals surface area contributed by atoms with Crippen molar-refractivity contribution in [1.29, 1.82) is 0 Å². The Kier molecular flexibility index (Phi) is 3.39. The first-order chi connectivity index (χ1) is 8.49. The molecule has 4 heteroatoms. The van der Waals surface area contributed by atoms with Crippen LogP contribution in [0.15, 0.2) is 53.4 Å². The average molecular weight is 262 g/mol. The molecule has 0 radical (unpaired) electrons. The van der Waals surface area contributed by atoms with Crippen LogP contribution < -0.4 is 4.18 Å². The van der Waals surface area contributed by atoms with Crippen molar-refractivity contribution in [3.05, 3.63) is 59.7 Å². The molecule has 0 aromatic heterocycles. The molecule has 0 atom stereocenters. The van der Waals surface area contributed by atoms with Crippen LogP contribution in [0.3, 0.4) is 0 Å². The van der Waals surface area contributed by atoms with Gasteiger partial charge in [-0.3, -0.25) is 0 Å². The molecule has 0 heterocycles. The summed E-state index contributed by atoms with van der Waals surface area (Å²) >= 11 is 0. The van der Waals surface area contributed by atoms with Gasteiger partial charge in [-0.05, 0) is 37.6 Å². The fraction of sp³-hybridized carbons (Fsp3) is 0.143. The van der Waals surface area contributed by atoms with E-state index < -0.39 is 10.1 Å². The van der Waals surface area contributed by atoms with E-state index in [2.05, 4.69) is 0 Å². The van der Waals surface area contributed by atoms with Crippen molar-refractivity contribution in [2.45, 2.75) is 18.7 Å². The Bertz CT molecular complexity index is 643. The van der Waals surface area contributed by atoms with Gasteiger partial charge in [0.25, 0.3) is 0 Å². The van der Waals surface area contributed by atoms with Crippen molar-refractivity contribution in [3.8, 4) is 5.75 Å². The molecule has 0 saturated heterocycles. The molecular weight excluding hydrogens is 248 g/mol. The summed E-state index contributed by atoms with van der Waals surface area (Å²) in [5.74, 6) is 0.323. The zero-order valence-electron chi connectivity index (χ0n) is 10.3. The van der Waals surface area contributed by atoms with E-state index in [0.29, 0.717) is 11.3 Å². The van der Waals surface area contributed by atoms with Gasteiger partial charge in [-0.25, -0.2) is 0 Å². The number of hydrogen-bond acceptors (Lipinski definition) is 3. The minimum absolute atomic E-state index is 0.200. The fourth-order valence-corrected chi connectivity index (χ4v) is 2.76. The molecule has 0 amide bonds.